The second-order valence-electron chi connectivity index (χ2n) is 5.16. The van der Waals surface area contributed by atoms with E-state index in [4.69, 9.17) is 21.7 Å². The van der Waals surface area contributed by atoms with E-state index in [2.05, 4.69) is 10.2 Å². The zero-order chi connectivity index (χ0) is 18.0. The number of aromatic nitrogens is 1. The smallest absolute Gasteiger partial charge is 0.210 e. The van der Waals surface area contributed by atoms with Crippen LogP contribution in [0.25, 0.3) is 6.08 Å². The first-order valence-corrected chi connectivity index (χ1v) is 8.79. The Balaban J connectivity index is 2.01. The number of allylic oxidation sites excluding steroid dienone is 1. The molecule has 0 bridgehead atoms. The Bertz CT molecular complexity index is 955. The standard InChI is InChI=1S/C17H17N3O3S2/c1-4-20-16(21)14(25-17(20)24)8-11-9-18-19-15(11)10-5-6-12(22-2)13(7-10)23-3/h5-9,21H,4H2,1-3H3/b11-8+. The summed E-state index contributed by atoms with van der Waals surface area (Å²) in [6.07, 6.45) is 3.50. The Morgan fingerprint density at radius 3 is 2.68 bits per heavy atom. The lowest BCUT2D eigenvalue weighted by Gasteiger charge is -2.09. The van der Waals surface area contributed by atoms with Gasteiger partial charge in [-0.1, -0.05) is 0 Å². The van der Waals surface area contributed by atoms with Crippen LogP contribution < -0.4 is 9.47 Å². The van der Waals surface area contributed by atoms with Crippen LogP contribution in [0, 0.1) is 3.95 Å². The maximum absolute atomic E-state index is 10.3. The zero-order valence-electron chi connectivity index (χ0n) is 14.0. The summed E-state index contributed by atoms with van der Waals surface area (Å²) >= 11 is 6.64. The Morgan fingerprint density at radius 2 is 2.04 bits per heavy atom. The molecular weight excluding hydrogens is 358 g/mol. The van der Waals surface area contributed by atoms with Crippen molar-refractivity contribution in [3.63, 3.8) is 0 Å². The van der Waals surface area contributed by atoms with Crippen molar-refractivity contribution in [2.45, 2.75) is 13.5 Å². The topological polar surface area (TPSA) is 68.3 Å². The molecule has 1 N–H and O–H groups in total. The molecule has 3 rings (SSSR count). The van der Waals surface area contributed by atoms with Crippen molar-refractivity contribution < 1.29 is 14.6 Å². The number of thiazole rings is 1. The average Bonchev–Trinajstić information content (AvgIpc) is 3.19. The van der Waals surface area contributed by atoms with E-state index >= 15 is 0 Å². The maximum Gasteiger partial charge on any atom is 0.210 e. The van der Waals surface area contributed by atoms with Crippen molar-refractivity contribution in [2.75, 3.05) is 14.2 Å². The Morgan fingerprint density at radius 1 is 1.28 bits per heavy atom. The third-order valence-electron chi connectivity index (χ3n) is 3.78. The molecule has 25 heavy (non-hydrogen) atoms. The van der Waals surface area contributed by atoms with Gasteiger partial charge in [-0.25, -0.2) is 0 Å². The molecule has 0 saturated heterocycles. The summed E-state index contributed by atoms with van der Waals surface area (Å²) in [5.74, 6) is 1.42. The Hall–Kier alpha value is -2.45. The fourth-order valence-electron chi connectivity index (χ4n) is 2.51. The summed E-state index contributed by atoms with van der Waals surface area (Å²) in [4.78, 5) is 0.684. The number of ether oxygens (including phenoxy) is 2. The van der Waals surface area contributed by atoms with Crippen LogP contribution in [-0.2, 0) is 6.54 Å². The summed E-state index contributed by atoms with van der Waals surface area (Å²) in [6, 6.07) is 5.56. The van der Waals surface area contributed by atoms with Crippen molar-refractivity contribution in [2.24, 2.45) is 10.2 Å². The van der Waals surface area contributed by atoms with Gasteiger partial charge in [0.1, 0.15) is 5.71 Å². The van der Waals surface area contributed by atoms with Crippen LogP contribution >= 0.6 is 23.6 Å². The largest absolute Gasteiger partial charge is 0.493 e. The molecule has 1 aromatic carbocycles. The number of methoxy groups -OCH3 is 2. The van der Waals surface area contributed by atoms with Gasteiger partial charge in [0.15, 0.2) is 15.5 Å². The van der Waals surface area contributed by atoms with Gasteiger partial charge >= 0.3 is 0 Å². The molecule has 0 spiro atoms. The van der Waals surface area contributed by atoms with Crippen molar-refractivity contribution in [3.05, 3.63) is 38.2 Å². The molecule has 0 fully saturated rings. The van der Waals surface area contributed by atoms with Crippen molar-refractivity contribution in [1.82, 2.24) is 4.57 Å². The first-order valence-electron chi connectivity index (χ1n) is 7.57. The second-order valence-corrected chi connectivity index (χ2v) is 6.84. The fraction of sp³-hybridized carbons (Fsp3) is 0.235. The minimum Gasteiger partial charge on any atom is -0.493 e. The number of benzene rings is 1. The van der Waals surface area contributed by atoms with Gasteiger partial charge in [0.05, 0.1) is 25.3 Å². The third kappa shape index (κ3) is 3.22. The van der Waals surface area contributed by atoms with Gasteiger partial charge in [-0.3, -0.25) is 4.57 Å². The van der Waals surface area contributed by atoms with Crippen LogP contribution in [0.5, 0.6) is 17.4 Å². The van der Waals surface area contributed by atoms with E-state index < -0.39 is 0 Å². The lowest BCUT2D eigenvalue weighted by Crippen LogP contribution is -2.03. The van der Waals surface area contributed by atoms with Gasteiger partial charge in [-0.15, -0.1) is 16.4 Å². The van der Waals surface area contributed by atoms with Gasteiger partial charge in [-0.2, -0.15) is 5.10 Å². The molecule has 0 amide bonds. The maximum atomic E-state index is 10.3. The third-order valence-corrected chi connectivity index (χ3v) is 5.17. The number of hydrogen-bond donors (Lipinski definition) is 1. The van der Waals surface area contributed by atoms with Gasteiger partial charge in [0.2, 0.25) is 5.88 Å². The summed E-state index contributed by atoms with van der Waals surface area (Å²) in [7, 11) is 3.18. The van der Waals surface area contributed by atoms with Crippen LogP contribution in [0.15, 0.2) is 34.0 Å². The van der Waals surface area contributed by atoms with Crippen molar-refractivity contribution in [1.29, 1.82) is 0 Å². The number of nitrogens with zero attached hydrogens (tertiary/aromatic N) is 3. The van der Waals surface area contributed by atoms with Gasteiger partial charge < -0.3 is 14.6 Å². The van der Waals surface area contributed by atoms with Crippen LogP contribution in [0.3, 0.4) is 0 Å². The highest BCUT2D eigenvalue weighted by molar-refractivity contribution is 7.73. The van der Waals surface area contributed by atoms with E-state index in [0.717, 1.165) is 11.1 Å². The monoisotopic (exact) mass is 375 g/mol. The molecule has 1 aliphatic rings. The molecule has 0 unspecified atom stereocenters. The van der Waals surface area contributed by atoms with E-state index in [-0.39, 0.29) is 5.88 Å². The van der Waals surface area contributed by atoms with E-state index in [0.29, 0.717) is 32.6 Å². The van der Waals surface area contributed by atoms with Crippen molar-refractivity contribution >= 4 is 41.6 Å². The molecule has 0 atom stereocenters. The highest BCUT2D eigenvalue weighted by atomic mass is 32.1. The molecular formula is C17H17N3O3S2. The predicted octanol–water partition coefficient (Wildman–Crippen LogP) is 3.89. The number of hydrogen-bond acceptors (Lipinski definition) is 7. The lowest BCUT2D eigenvalue weighted by atomic mass is 10.0. The highest BCUT2D eigenvalue weighted by Gasteiger charge is 2.18. The van der Waals surface area contributed by atoms with E-state index in [9.17, 15) is 5.11 Å². The molecule has 6 nitrogen and oxygen atoms in total. The average molecular weight is 375 g/mol. The molecule has 0 saturated carbocycles. The minimum absolute atomic E-state index is 0.164. The molecule has 1 aliphatic heterocycles. The lowest BCUT2D eigenvalue weighted by molar-refractivity contribution is 0.355. The Labute approximate surface area is 154 Å². The van der Waals surface area contributed by atoms with E-state index in [1.165, 1.54) is 11.3 Å². The number of aromatic hydroxyl groups is 1. The van der Waals surface area contributed by atoms with Gasteiger partial charge in [0.25, 0.3) is 0 Å². The Kier molecular flexibility index (Phi) is 5.00. The molecule has 130 valence electrons. The summed E-state index contributed by atoms with van der Waals surface area (Å²) in [6.45, 7) is 2.56. The van der Waals surface area contributed by atoms with Crippen LogP contribution in [0.1, 0.15) is 17.4 Å². The molecule has 2 aromatic rings. The quantitative estimate of drug-likeness (QED) is 0.805. The zero-order valence-corrected chi connectivity index (χ0v) is 15.6. The molecule has 2 heterocycles. The van der Waals surface area contributed by atoms with Crippen LogP contribution in [0.4, 0.5) is 0 Å². The van der Waals surface area contributed by atoms with E-state index in [1.54, 1.807) is 25.0 Å². The fourth-order valence-corrected chi connectivity index (χ4v) is 3.90. The molecule has 1 aromatic heterocycles. The van der Waals surface area contributed by atoms with Crippen molar-refractivity contribution in [3.8, 4) is 17.4 Å². The van der Waals surface area contributed by atoms with Crippen LogP contribution in [0.2, 0.25) is 0 Å². The summed E-state index contributed by atoms with van der Waals surface area (Å²) < 4.78 is 12.9. The predicted molar refractivity (Wildman–Crippen MR) is 103 cm³/mol. The first-order chi connectivity index (χ1) is 12.1. The van der Waals surface area contributed by atoms with Gasteiger partial charge in [-0.05, 0) is 43.4 Å². The number of rotatable bonds is 5. The van der Waals surface area contributed by atoms with Crippen LogP contribution in [-0.4, -0.2) is 35.8 Å². The van der Waals surface area contributed by atoms with E-state index in [1.807, 2.05) is 31.2 Å². The highest BCUT2D eigenvalue weighted by Crippen LogP contribution is 2.32. The van der Waals surface area contributed by atoms with Gasteiger partial charge in [0, 0.05) is 17.7 Å². The SMILES string of the molecule is CCn1c(O)c(/C=C2\C=NN=C2c2ccc(OC)c(OC)c2)sc1=S. The molecule has 0 aliphatic carbocycles. The first kappa shape index (κ1) is 17.4. The minimum atomic E-state index is 0.164. The summed E-state index contributed by atoms with van der Waals surface area (Å²) in [5, 5.41) is 18.5. The molecule has 8 heteroatoms. The summed E-state index contributed by atoms with van der Waals surface area (Å²) in [5.41, 5.74) is 2.34. The normalized spacial score (nSPS) is 14.8. The molecule has 0 radical (unpaired) electrons. The second kappa shape index (κ2) is 7.20.